The van der Waals surface area contributed by atoms with Crippen LogP contribution in [0.25, 0.3) is 11.0 Å². The van der Waals surface area contributed by atoms with Crippen molar-refractivity contribution >= 4 is 57.7 Å². The molecule has 1 fully saturated rings. The largest absolute Gasteiger partial charge is 0.486 e. The van der Waals surface area contributed by atoms with Gasteiger partial charge in [0.05, 0.1) is 16.3 Å². The number of fused-ring (bicyclic) bond motifs is 1. The molecule has 3 heterocycles. The van der Waals surface area contributed by atoms with E-state index in [1.165, 1.54) is 5.56 Å². The van der Waals surface area contributed by atoms with E-state index in [1.54, 1.807) is 11.3 Å². The molecule has 5 rings (SSSR count). The van der Waals surface area contributed by atoms with E-state index in [1.807, 2.05) is 67.1 Å². The van der Waals surface area contributed by atoms with Crippen molar-refractivity contribution in [3.05, 3.63) is 70.9 Å². The molecule has 0 saturated carbocycles. The Kier molecular flexibility index (Phi) is 7.16. The molecular formula is C24H22ClN3O4S2. The van der Waals surface area contributed by atoms with E-state index in [4.69, 9.17) is 9.47 Å². The van der Waals surface area contributed by atoms with Crippen LogP contribution < -0.4 is 14.8 Å². The predicted octanol–water partition coefficient (Wildman–Crippen LogP) is 5.63. The number of nitrogens with zero attached hydrogens (tertiary/aromatic N) is 2. The van der Waals surface area contributed by atoms with Gasteiger partial charge < -0.3 is 14.0 Å². The number of nitrogens with one attached hydrogen (secondary N) is 1. The molecule has 0 radical (unpaired) electrons. The minimum Gasteiger partial charge on any atom is -0.486 e. The lowest BCUT2D eigenvalue weighted by molar-refractivity contribution is -0.118. The highest BCUT2D eigenvalue weighted by molar-refractivity contribution is 8.15. The summed E-state index contributed by atoms with van der Waals surface area (Å²) < 4.78 is 13.9. The molecule has 1 unspecified atom stereocenters. The van der Waals surface area contributed by atoms with Crippen LogP contribution in [-0.4, -0.2) is 25.9 Å². The fraction of sp³-hybridized carbons (Fsp3) is 0.208. The number of carbonyl (C=O) groups excluding carboxylic acids is 2. The van der Waals surface area contributed by atoms with E-state index in [0.717, 1.165) is 45.0 Å². The van der Waals surface area contributed by atoms with E-state index in [0.29, 0.717) is 18.8 Å². The van der Waals surface area contributed by atoms with Gasteiger partial charge in [-0.05, 0) is 60.2 Å². The van der Waals surface area contributed by atoms with Crippen LogP contribution in [0.1, 0.15) is 17.0 Å². The quantitative estimate of drug-likeness (QED) is 0.343. The Morgan fingerprint density at radius 3 is 2.53 bits per heavy atom. The molecule has 1 N–H and O–H groups in total. The zero-order valence-electron chi connectivity index (χ0n) is 18.4. The molecule has 2 aromatic heterocycles. The smallest absolute Gasteiger partial charge is 0.286 e. The topological polar surface area (TPSA) is 82.5 Å². The first kappa shape index (κ1) is 24.1. The van der Waals surface area contributed by atoms with Gasteiger partial charge in [0, 0.05) is 13.1 Å². The molecule has 1 atom stereocenters. The van der Waals surface area contributed by atoms with Crippen LogP contribution in [0.5, 0.6) is 16.6 Å². The maximum absolute atomic E-state index is 11.7. The van der Waals surface area contributed by atoms with Gasteiger partial charge in [0.25, 0.3) is 5.24 Å². The summed E-state index contributed by atoms with van der Waals surface area (Å²) in [5.41, 5.74) is 4.00. The van der Waals surface area contributed by atoms with Crippen LogP contribution in [0, 0.1) is 6.92 Å². The van der Waals surface area contributed by atoms with Crippen LogP contribution in [0.4, 0.5) is 4.79 Å². The number of thiophene rings is 1. The van der Waals surface area contributed by atoms with Gasteiger partial charge in [0.2, 0.25) is 5.91 Å². The van der Waals surface area contributed by atoms with Gasteiger partial charge in [-0.15, -0.1) is 23.7 Å². The van der Waals surface area contributed by atoms with Gasteiger partial charge in [-0.3, -0.25) is 14.9 Å². The number of rotatable bonds is 7. The Morgan fingerprint density at radius 1 is 1.09 bits per heavy atom. The highest BCUT2D eigenvalue weighted by Gasteiger charge is 2.31. The molecule has 1 aliphatic heterocycles. The van der Waals surface area contributed by atoms with Crippen molar-refractivity contribution in [2.45, 2.75) is 25.2 Å². The first-order valence-electron chi connectivity index (χ1n) is 10.4. The number of carbonyl (C=O) groups is 2. The van der Waals surface area contributed by atoms with E-state index in [9.17, 15) is 9.59 Å². The van der Waals surface area contributed by atoms with E-state index in [2.05, 4.69) is 15.7 Å². The number of hydrogen-bond donors (Lipinski definition) is 1. The summed E-state index contributed by atoms with van der Waals surface area (Å²) in [6.07, 6.45) is 0.503. The van der Waals surface area contributed by atoms with Crippen LogP contribution >= 0.6 is 35.5 Å². The maximum atomic E-state index is 11.7. The molecule has 176 valence electrons. The third kappa shape index (κ3) is 5.22. The van der Waals surface area contributed by atoms with E-state index >= 15 is 0 Å². The number of thioether (sulfide) groups is 1. The summed E-state index contributed by atoms with van der Waals surface area (Å²) in [6.45, 7) is 2.36. The molecule has 4 aromatic rings. The normalized spacial score (nSPS) is 15.3. The van der Waals surface area contributed by atoms with Crippen LogP contribution in [0.3, 0.4) is 0 Å². The van der Waals surface area contributed by atoms with E-state index < -0.39 is 0 Å². The van der Waals surface area contributed by atoms with Gasteiger partial charge in [0.15, 0.2) is 5.06 Å². The highest BCUT2D eigenvalue weighted by atomic mass is 35.5. The van der Waals surface area contributed by atoms with Crippen molar-refractivity contribution in [2.24, 2.45) is 7.05 Å². The number of ether oxygens (including phenoxy) is 2. The zero-order chi connectivity index (χ0) is 22.9. The van der Waals surface area contributed by atoms with Crippen LogP contribution in [-0.2, 0) is 24.9 Å². The highest BCUT2D eigenvalue weighted by Crippen LogP contribution is 2.30. The predicted molar refractivity (Wildman–Crippen MR) is 136 cm³/mol. The Balaban J connectivity index is 0.00000274. The maximum Gasteiger partial charge on any atom is 0.286 e. The summed E-state index contributed by atoms with van der Waals surface area (Å²) in [7, 11) is 1.96. The lowest BCUT2D eigenvalue weighted by Crippen LogP contribution is -2.25. The molecule has 1 aliphatic rings. The lowest BCUT2D eigenvalue weighted by atomic mass is 10.1. The molecule has 0 bridgehead atoms. The zero-order valence-corrected chi connectivity index (χ0v) is 20.9. The van der Waals surface area contributed by atoms with Gasteiger partial charge in [0.1, 0.15) is 23.9 Å². The second kappa shape index (κ2) is 10.1. The van der Waals surface area contributed by atoms with Crippen molar-refractivity contribution in [3.8, 4) is 16.6 Å². The summed E-state index contributed by atoms with van der Waals surface area (Å²) >= 11 is 2.61. The molecule has 0 aliphatic carbocycles. The van der Waals surface area contributed by atoms with Crippen molar-refractivity contribution in [1.29, 1.82) is 0 Å². The molecule has 2 amide bonds. The fourth-order valence-corrected chi connectivity index (χ4v) is 5.23. The Hall–Kier alpha value is -3.01. The Bertz CT molecular complexity index is 1350. The molecule has 2 aromatic carbocycles. The monoisotopic (exact) mass is 515 g/mol. The Labute approximate surface area is 210 Å². The van der Waals surface area contributed by atoms with Gasteiger partial charge in [-0.2, -0.15) is 0 Å². The molecule has 0 spiro atoms. The third-order valence-corrected chi connectivity index (χ3v) is 7.25. The second-order valence-corrected chi connectivity index (χ2v) is 9.85. The first-order chi connectivity index (χ1) is 15.9. The number of aryl methyl sites for hydroxylation is 2. The van der Waals surface area contributed by atoms with Crippen molar-refractivity contribution in [2.75, 3.05) is 0 Å². The van der Waals surface area contributed by atoms with Gasteiger partial charge in [-0.1, -0.05) is 23.9 Å². The van der Waals surface area contributed by atoms with Crippen LogP contribution in [0.2, 0.25) is 0 Å². The van der Waals surface area contributed by atoms with Gasteiger partial charge in [-0.25, -0.2) is 4.98 Å². The summed E-state index contributed by atoms with van der Waals surface area (Å²) in [4.78, 5) is 27.7. The fourth-order valence-electron chi connectivity index (χ4n) is 3.60. The number of benzene rings is 2. The second-order valence-electron chi connectivity index (χ2n) is 7.80. The average Bonchev–Trinajstić information content (AvgIpc) is 3.45. The first-order valence-corrected chi connectivity index (χ1v) is 12.1. The minimum atomic E-state index is -0.373. The molecule has 10 heteroatoms. The number of amides is 2. The van der Waals surface area contributed by atoms with Crippen LogP contribution in [0.15, 0.2) is 53.9 Å². The number of hydrogen-bond acceptors (Lipinski definition) is 7. The number of aromatic nitrogens is 2. The average molecular weight is 516 g/mol. The number of imide groups is 1. The van der Waals surface area contributed by atoms with E-state index in [-0.39, 0.29) is 28.8 Å². The summed E-state index contributed by atoms with van der Waals surface area (Å²) in [5.74, 6) is 2.05. The minimum absolute atomic E-state index is 0. The SMILES string of the molecule is Cc1csc(Oc2ccc3nc(COc4ccc(CC5SC(=O)NC5=O)cc4)n(C)c3c2)c1.Cl. The molecule has 1 saturated heterocycles. The summed E-state index contributed by atoms with van der Waals surface area (Å²) in [6, 6.07) is 15.4. The molecule has 7 nitrogen and oxygen atoms in total. The van der Waals surface area contributed by atoms with Crippen molar-refractivity contribution < 1.29 is 19.1 Å². The van der Waals surface area contributed by atoms with Gasteiger partial charge >= 0.3 is 0 Å². The summed E-state index contributed by atoms with van der Waals surface area (Å²) in [5, 5.41) is 4.58. The number of halogens is 1. The third-order valence-electron chi connectivity index (χ3n) is 5.35. The van der Waals surface area contributed by atoms with Crippen molar-refractivity contribution in [1.82, 2.24) is 14.9 Å². The molecule has 34 heavy (non-hydrogen) atoms. The number of imidazole rings is 1. The lowest BCUT2D eigenvalue weighted by Gasteiger charge is -2.09. The Morgan fingerprint density at radius 2 is 1.85 bits per heavy atom. The van der Waals surface area contributed by atoms with Crippen molar-refractivity contribution in [3.63, 3.8) is 0 Å². The molecular weight excluding hydrogens is 494 g/mol. The standard InChI is InChI=1S/C24H21N3O4S2.ClH/c1-14-9-22(32-13-14)31-17-7-8-18-19(11-17)27(2)21(25-18)12-30-16-5-3-15(4-6-16)10-20-23(28)26-24(29)33-20;/h3-9,11,13,20H,10,12H2,1-2H3,(H,26,28,29);1H.